The number of ether oxygens (including phenoxy) is 1. The molecule has 25 heavy (non-hydrogen) atoms. The molecule has 0 fully saturated rings. The molecule has 1 heterocycles. The molecule has 9 nitrogen and oxygen atoms in total. The molecule has 1 atom stereocenters. The molecular formula is C16H18N4O5. The molecule has 1 aliphatic heterocycles. The normalized spacial score (nSPS) is 14.6. The molecular weight excluding hydrogens is 328 g/mol. The highest BCUT2D eigenvalue weighted by Crippen LogP contribution is 2.03. The van der Waals surface area contributed by atoms with Crippen molar-refractivity contribution in [2.75, 3.05) is 0 Å². The Balaban J connectivity index is 1.76. The van der Waals surface area contributed by atoms with Crippen LogP contribution < -0.4 is 16.1 Å². The number of carbonyl (C=O) groups excluding carboxylic acids is 4. The topological polar surface area (TPSA) is 126 Å². The summed E-state index contributed by atoms with van der Waals surface area (Å²) in [4.78, 5) is 46.4. The van der Waals surface area contributed by atoms with E-state index >= 15 is 0 Å². The second-order valence-corrected chi connectivity index (χ2v) is 5.30. The van der Waals surface area contributed by atoms with Crippen LogP contribution in [0.4, 0.5) is 4.79 Å². The number of amides is 4. The van der Waals surface area contributed by atoms with Crippen LogP contribution in [0.2, 0.25) is 0 Å². The highest BCUT2D eigenvalue weighted by atomic mass is 16.5. The van der Waals surface area contributed by atoms with E-state index < -0.39 is 24.0 Å². The average molecular weight is 346 g/mol. The number of nitrogens with one attached hydrogen (secondary N) is 3. The van der Waals surface area contributed by atoms with Gasteiger partial charge in [0.1, 0.15) is 5.71 Å². The SMILES string of the molecule is C[C@H](OC(=O)C1=NNC(=O)CC1)C(=O)NC(=O)NCc1ccccc1. The zero-order valence-electron chi connectivity index (χ0n) is 13.6. The molecule has 1 aromatic carbocycles. The Bertz CT molecular complexity index is 702. The van der Waals surface area contributed by atoms with Crippen LogP contribution in [0.25, 0.3) is 0 Å². The first kappa shape index (κ1) is 18.1. The van der Waals surface area contributed by atoms with E-state index in [0.717, 1.165) is 5.56 Å². The molecule has 0 bridgehead atoms. The fourth-order valence-electron chi connectivity index (χ4n) is 1.94. The van der Waals surface area contributed by atoms with Crippen LogP contribution in [0, 0.1) is 0 Å². The molecule has 0 saturated heterocycles. The maximum atomic E-state index is 11.9. The third-order valence-corrected chi connectivity index (χ3v) is 3.33. The molecule has 0 unspecified atom stereocenters. The third kappa shape index (κ3) is 5.72. The second kappa shape index (κ2) is 8.57. The molecule has 1 aliphatic rings. The number of urea groups is 1. The molecule has 2 rings (SSSR count). The lowest BCUT2D eigenvalue weighted by molar-refractivity contribution is -0.148. The zero-order chi connectivity index (χ0) is 18.2. The fraction of sp³-hybridized carbons (Fsp3) is 0.312. The molecule has 0 radical (unpaired) electrons. The van der Waals surface area contributed by atoms with Gasteiger partial charge in [0.25, 0.3) is 5.91 Å². The lowest BCUT2D eigenvalue weighted by Gasteiger charge is -2.15. The van der Waals surface area contributed by atoms with E-state index in [-0.39, 0.29) is 31.0 Å². The summed E-state index contributed by atoms with van der Waals surface area (Å²) in [5.41, 5.74) is 3.06. The average Bonchev–Trinajstić information content (AvgIpc) is 2.61. The van der Waals surface area contributed by atoms with E-state index in [1.54, 1.807) is 0 Å². The number of rotatable bonds is 5. The fourth-order valence-corrected chi connectivity index (χ4v) is 1.94. The zero-order valence-corrected chi connectivity index (χ0v) is 13.6. The summed E-state index contributed by atoms with van der Waals surface area (Å²) >= 11 is 0. The molecule has 132 valence electrons. The molecule has 9 heteroatoms. The number of carbonyl (C=O) groups is 4. The Morgan fingerprint density at radius 3 is 2.60 bits per heavy atom. The van der Waals surface area contributed by atoms with Gasteiger partial charge in [-0.25, -0.2) is 15.0 Å². The van der Waals surface area contributed by atoms with Crippen LogP contribution >= 0.6 is 0 Å². The molecule has 3 N–H and O–H groups in total. The van der Waals surface area contributed by atoms with Crippen LogP contribution in [0.15, 0.2) is 35.4 Å². The minimum absolute atomic E-state index is 0.0211. The maximum absolute atomic E-state index is 11.9. The van der Waals surface area contributed by atoms with Gasteiger partial charge in [0.2, 0.25) is 5.91 Å². The molecule has 0 aliphatic carbocycles. The molecule has 0 aromatic heterocycles. The highest BCUT2D eigenvalue weighted by molar-refractivity contribution is 6.37. The van der Waals surface area contributed by atoms with Crippen molar-refractivity contribution in [3.05, 3.63) is 35.9 Å². The van der Waals surface area contributed by atoms with Gasteiger partial charge in [0.05, 0.1) is 0 Å². The third-order valence-electron chi connectivity index (χ3n) is 3.33. The predicted octanol–water partition coefficient (Wildman–Crippen LogP) is 0.210. The van der Waals surface area contributed by atoms with Gasteiger partial charge in [-0.2, -0.15) is 5.10 Å². The van der Waals surface area contributed by atoms with E-state index in [1.165, 1.54) is 6.92 Å². The smallest absolute Gasteiger partial charge is 0.355 e. The highest BCUT2D eigenvalue weighted by Gasteiger charge is 2.25. The van der Waals surface area contributed by atoms with Crippen molar-refractivity contribution in [2.45, 2.75) is 32.4 Å². The molecule has 0 saturated carbocycles. The lowest BCUT2D eigenvalue weighted by Crippen LogP contribution is -2.45. The Morgan fingerprint density at radius 1 is 1.24 bits per heavy atom. The van der Waals surface area contributed by atoms with Crippen molar-refractivity contribution in [3.8, 4) is 0 Å². The van der Waals surface area contributed by atoms with Gasteiger partial charge >= 0.3 is 12.0 Å². The minimum Gasteiger partial charge on any atom is -0.448 e. The standard InChI is InChI=1S/C16H18N4O5/c1-10(25-15(23)12-7-8-13(21)20-19-12)14(22)18-16(24)17-9-11-5-3-2-4-6-11/h2-6,10H,7-9H2,1H3,(H,20,21)(H2,17,18,22,24)/t10-/m0/s1. The summed E-state index contributed by atoms with van der Waals surface area (Å²) in [6.45, 7) is 1.59. The minimum atomic E-state index is -1.18. The van der Waals surface area contributed by atoms with Crippen LogP contribution in [0.3, 0.4) is 0 Å². The van der Waals surface area contributed by atoms with Crippen molar-refractivity contribution in [3.63, 3.8) is 0 Å². The number of imide groups is 1. The van der Waals surface area contributed by atoms with Crippen molar-refractivity contribution in [1.29, 1.82) is 0 Å². The van der Waals surface area contributed by atoms with Crippen molar-refractivity contribution in [1.82, 2.24) is 16.1 Å². The first-order chi connectivity index (χ1) is 12.0. The monoisotopic (exact) mass is 346 g/mol. The van der Waals surface area contributed by atoms with Crippen LogP contribution in [-0.4, -0.2) is 35.6 Å². The Labute approximate surface area is 143 Å². The van der Waals surface area contributed by atoms with Crippen molar-refractivity contribution in [2.24, 2.45) is 5.10 Å². The van der Waals surface area contributed by atoms with Crippen molar-refractivity contribution < 1.29 is 23.9 Å². The van der Waals surface area contributed by atoms with Gasteiger partial charge < -0.3 is 10.1 Å². The number of hydrogen-bond acceptors (Lipinski definition) is 6. The second-order valence-electron chi connectivity index (χ2n) is 5.30. The van der Waals surface area contributed by atoms with E-state index in [1.807, 2.05) is 30.3 Å². The summed E-state index contributed by atoms with van der Waals surface area (Å²) < 4.78 is 4.94. The number of hydrazone groups is 1. The van der Waals surface area contributed by atoms with E-state index in [9.17, 15) is 19.2 Å². The number of benzene rings is 1. The summed E-state index contributed by atoms with van der Waals surface area (Å²) in [5, 5.41) is 8.19. The molecule has 4 amide bonds. The Kier molecular flexibility index (Phi) is 6.21. The largest absolute Gasteiger partial charge is 0.448 e. The quantitative estimate of drug-likeness (QED) is 0.657. The van der Waals surface area contributed by atoms with E-state index in [2.05, 4.69) is 21.2 Å². The summed E-state index contributed by atoms with van der Waals surface area (Å²) in [6.07, 6.45) is -0.928. The van der Waals surface area contributed by atoms with Gasteiger partial charge in [0, 0.05) is 19.4 Å². The van der Waals surface area contributed by atoms with Crippen LogP contribution in [-0.2, 0) is 25.7 Å². The van der Waals surface area contributed by atoms with Gasteiger partial charge in [0.15, 0.2) is 6.10 Å². The molecule has 1 aromatic rings. The van der Waals surface area contributed by atoms with Gasteiger partial charge in [-0.3, -0.25) is 14.9 Å². The van der Waals surface area contributed by atoms with Crippen molar-refractivity contribution >= 4 is 29.5 Å². The van der Waals surface area contributed by atoms with Crippen LogP contribution in [0.1, 0.15) is 25.3 Å². The lowest BCUT2D eigenvalue weighted by atomic mass is 10.2. The van der Waals surface area contributed by atoms with E-state index in [0.29, 0.717) is 0 Å². The number of nitrogens with zero attached hydrogens (tertiary/aromatic N) is 1. The summed E-state index contributed by atoms with van der Waals surface area (Å²) in [7, 11) is 0. The summed E-state index contributed by atoms with van der Waals surface area (Å²) in [6, 6.07) is 8.48. The molecule has 0 spiro atoms. The van der Waals surface area contributed by atoms with Gasteiger partial charge in [-0.1, -0.05) is 30.3 Å². The maximum Gasteiger partial charge on any atom is 0.355 e. The Morgan fingerprint density at radius 2 is 1.96 bits per heavy atom. The van der Waals surface area contributed by atoms with Crippen LogP contribution in [0.5, 0.6) is 0 Å². The van der Waals surface area contributed by atoms with Gasteiger partial charge in [-0.05, 0) is 12.5 Å². The van der Waals surface area contributed by atoms with E-state index in [4.69, 9.17) is 4.74 Å². The van der Waals surface area contributed by atoms with Gasteiger partial charge in [-0.15, -0.1) is 0 Å². The summed E-state index contributed by atoms with van der Waals surface area (Å²) in [5.74, 6) is -1.87. The first-order valence-corrected chi connectivity index (χ1v) is 7.64. The first-order valence-electron chi connectivity index (χ1n) is 7.64. The Hall–Kier alpha value is -3.23. The predicted molar refractivity (Wildman–Crippen MR) is 87.2 cm³/mol. The number of esters is 1. The number of hydrogen-bond donors (Lipinski definition) is 3.